The minimum absolute atomic E-state index is 0.0274. The minimum atomic E-state index is -3.31. The Morgan fingerprint density at radius 1 is 1.47 bits per heavy atom. The highest BCUT2D eigenvalue weighted by molar-refractivity contribution is 9.11. The summed E-state index contributed by atoms with van der Waals surface area (Å²) in [6, 6.07) is 3.59. The molecule has 4 nitrogen and oxygen atoms in total. The third kappa shape index (κ3) is 5.05. The Kier molecular flexibility index (Phi) is 5.59. The van der Waals surface area contributed by atoms with Crippen LogP contribution in [0.5, 0.6) is 0 Å². The maximum Gasteiger partial charge on any atom is 0.214 e. The SMILES string of the molecule is CO[C@@H](C)CS(=O)(=O)N[C@H](C)c1ccc(Br)s1. The van der Waals surface area contributed by atoms with Crippen molar-refractivity contribution in [2.45, 2.75) is 26.0 Å². The lowest BCUT2D eigenvalue weighted by atomic mass is 10.3. The molecule has 0 saturated heterocycles. The van der Waals surface area contributed by atoms with Crippen molar-refractivity contribution in [3.63, 3.8) is 0 Å². The summed E-state index contributed by atoms with van der Waals surface area (Å²) in [5, 5.41) is 0. The number of methoxy groups -OCH3 is 1. The maximum atomic E-state index is 11.8. The average Bonchev–Trinajstić information content (AvgIpc) is 2.63. The van der Waals surface area contributed by atoms with Crippen LogP contribution in [0.25, 0.3) is 0 Å². The highest BCUT2D eigenvalue weighted by Gasteiger charge is 2.19. The predicted octanol–water partition coefficient (Wildman–Crippen LogP) is 2.53. The Morgan fingerprint density at radius 3 is 2.59 bits per heavy atom. The molecule has 0 amide bonds. The number of ether oxygens (including phenoxy) is 1. The van der Waals surface area contributed by atoms with Crippen molar-refractivity contribution in [3.05, 3.63) is 20.8 Å². The topological polar surface area (TPSA) is 55.4 Å². The van der Waals surface area contributed by atoms with Gasteiger partial charge in [0.05, 0.1) is 21.7 Å². The van der Waals surface area contributed by atoms with Crippen LogP contribution in [0.15, 0.2) is 15.9 Å². The summed E-state index contributed by atoms with van der Waals surface area (Å²) in [5.41, 5.74) is 0. The van der Waals surface area contributed by atoms with Gasteiger partial charge in [-0.25, -0.2) is 13.1 Å². The summed E-state index contributed by atoms with van der Waals surface area (Å²) in [6.45, 7) is 3.55. The molecule has 1 N–H and O–H groups in total. The first kappa shape index (κ1) is 15.1. The second kappa shape index (κ2) is 6.29. The van der Waals surface area contributed by atoms with Crippen molar-refractivity contribution in [2.24, 2.45) is 0 Å². The molecule has 0 unspecified atom stereocenters. The molecular weight excluding hydrogens is 326 g/mol. The highest BCUT2D eigenvalue weighted by Crippen LogP contribution is 2.27. The van der Waals surface area contributed by atoms with Gasteiger partial charge in [0.2, 0.25) is 10.0 Å². The van der Waals surface area contributed by atoms with E-state index in [-0.39, 0.29) is 17.9 Å². The third-order valence-corrected chi connectivity index (χ3v) is 5.66. The van der Waals surface area contributed by atoms with Gasteiger partial charge in [0.1, 0.15) is 0 Å². The molecule has 1 rings (SSSR count). The molecule has 0 aromatic carbocycles. The van der Waals surface area contributed by atoms with Crippen LogP contribution < -0.4 is 4.72 Å². The summed E-state index contributed by atoms with van der Waals surface area (Å²) in [6.07, 6.45) is -0.310. The molecule has 0 radical (unpaired) electrons. The van der Waals surface area contributed by atoms with Crippen molar-refractivity contribution in [1.29, 1.82) is 0 Å². The van der Waals surface area contributed by atoms with Crippen molar-refractivity contribution in [2.75, 3.05) is 12.9 Å². The fourth-order valence-corrected chi connectivity index (χ4v) is 4.33. The van der Waals surface area contributed by atoms with Gasteiger partial charge in [0.15, 0.2) is 0 Å². The Hall–Kier alpha value is 0.0500. The standard InChI is InChI=1S/C10H16BrNO3S2/c1-7(15-3)6-17(13,14)12-8(2)9-4-5-10(11)16-9/h4-5,7-8,12H,6H2,1-3H3/t7-,8+/m0/s1. The Balaban J connectivity index is 2.64. The van der Waals surface area contributed by atoms with E-state index in [4.69, 9.17) is 4.74 Å². The van der Waals surface area contributed by atoms with Crippen molar-refractivity contribution < 1.29 is 13.2 Å². The molecule has 2 atom stereocenters. The van der Waals surface area contributed by atoms with E-state index in [0.29, 0.717) is 0 Å². The second-order valence-corrected chi connectivity index (χ2v) is 8.10. The molecule has 0 spiro atoms. The van der Waals surface area contributed by atoms with E-state index in [1.54, 1.807) is 6.92 Å². The number of hydrogen-bond acceptors (Lipinski definition) is 4. The van der Waals surface area contributed by atoms with Crippen LogP contribution in [0.4, 0.5) is 0 Å². The molecule has 7 heteroatoms. The molecule has 1 aromatic heterocycles. The van der Waals surface area contributed by atoms with E-state index in [2.05, 4.69) is 20.7 Å². The maximum absolute atomic E-state index is 11.8. The molecule has 98 valence electrons. The van der Waals surface area contributed by atoms with E-state index in [1.165, 1.54) is 18.4 Å². The van der Waals surface area contributed by atoms with Crippen molar-refractivity contribution in [3.8, 4) is 0 Å². The number of halogens is 1. The van der Waals surface area contributed by atoms with Gasteiger partial charge in [0.25, 0.3) is 0 Å². The molecule has 1 heterocycles. The van der Waals surface area contributed by atoms with Crippen LogP contribution in [0.2, 0.25) is 0 Å². The van der Waals surface area contributed by atoms with Gasteiger partial charge < -0.3 is 4.74 Å². The van der Waals surface area contributed by atoms with Crippen LogP contribution in [-0.4, -0.2) is 27.4 Å². The minimum Gasteiger partial charge on any atom is -0.381 e. The molecule has 0 fully saturated rings. The smallest absolute Gasteiger partial charge is 0.214 e. The zero-order valence-corrected chi connectivity index (χ0v) is 13.2. The van der Waals surface area contributed by atoms with Crippen LogP contribution in [0, 0.1) is 0 Å². The van der Waals surface area contributed by atoms with Crippen LogP contribution >= 0.6 is 27.3 Å². The zero-order chi connectivity index (χ0) is 13.1. The van der Waals surface area contributed by atoms with E-state index < -0.39 is 10.0 Å². The number of thiophene rings is 1. The Morgan fingerprint density at radius 2 is 2.12 bits per heavy atom. The first-order chi connectivity index (χ1) is 7.84. The normalized spacial score (nSPS) is 15.8. The lowest BCUT2D eigenvalue weighted by Gasteiger charge is -2.15. The van der Waals surface area contributed by atoms with E-state index in [0.717, 1.165) is 8.66 Å². The fourth-order valence-electron chi connectivity index (χ4n) is 1.31. The first-order valence-corrected chi connectivity index (χ1v) is 8.38. The lowest BCUT2D eigenvalue weighted by molar-refractivity contribution is 0.136. The molecule has 0 aliphatic carbocycles. The Bertz CT molecular complexity index is 458. The van der Waals surface area contributed by atoms with Crippen LogP contribution in [0.3, 0.4) is 0 Å². The van der Waals surface area contributed by atoms with Gasteiger partial charge in [-0.3, -0.25) is 0 Å². The summed E-state index contributed by atoms with van der Waals surface area (Å²) >= 11 is 4.87. The number of nitrogens with one attached hydrogen (secondary N) is 1. The first-order valence-electron chi connectivity index (χ1n) is 5.12. The molecular formula is C10H16BrNO3S2. The number of hydrogen-bond donors (Lipinski definition) is 1. The zero-order valence-electron chi connectivity index (χ0n) is 9.94. The van der Waals surface area contributed by atoms with Crippen molar-refractivity contribution in [1.82, 2.24) is 4.72 Å². The second-order valence-electron chi connectivity index (χ2n) is 3.81. The van der Waals surface area contributed by atoms with Gasteiger partial charge in [-0.2, -0.15) is 0 Å². The molecule has 0 aliphatic rings. The van der Waals surface area contributed by atoms with E-state index in [9.17, 15) is 8.42 Å². The van der Waals surface area contributed by atoms with Gasteiger partial charge in [0, 0.05) is 12.0 Å². The predicted molar refractivity (Wildman–Crippen MR) is 73.8 cm³/mol. The molecule has 0 bridgehead atoms. The number of sulfonamides is 1. The Labute approximate surface area is 115 Å². The van der Waals surface area contributed by atoms with Crippen LogP contribution in [0.1, 0.15) is 24.8 Å². The summed E-state index contributed by atoms with van der Waals surface area (Å²) in [4.78, 5) is 0.977. The lowest BCUT2D eigenvalue weighted by Crippen LogP contribution is -2.33. The number of rotatable bonds is 6. The van der Waals surface area contributed by atoms with E-state index in [1.807, 2.05) is 19.1 Å². The van der Waals surface area contributed by atoms with Gasteiger partial charge in [-0.05, 0) is 41.9 Å². The third-order valence-electron chi connectivity index (χ3n) is 2.23. The molecule has 0 aliphatic heterocycles. The quantitative estimate of drug-likeness (QED) is 0.864. The highest BCUT2D eigenvalue weighted by atomic mass is 79.9. The molecule has 1 aromatic rings. The van der Waals surface area contributed by atoms with Gasteiger partial charge >= 0.3 is 0 Å². The summed E-state index contributed by atoms with van der Waals surface area (Å²) < 4.78 is 32.2. The average molecular weight is 342 g/mol. The van der Waals surface area contributed by atoms with Crippen LogP contribution in [-0.2, 0) is 14.8 Å². The molecule has 0 saturated carbocycles. The van der Waals surface area contributed by atoms with Gasteiger partial charge in [-0.1, -0.05) is 0 Å². The van der Waals surface area contributed by atoms with Crippen molar-refractivity contribution >= 4 is 37.3 Å². The van der Waals surface area contributed by atoms with Gasteiger partial charge in [-0.15, -0.1) is 11.3 Å². The molecule has 17 heavy (non-hydrogen) atoms. The largest absolute Gasteiger partial charge is 0.381 e. The summed E-state index contributed by atoms with van der Waals surface area (Å²) in [7, 11) is -1.81. The fraction of sp³-hybridized carbons (Fsp3) is 0.600. The monoisotopic (exact) mass is 341 g/mol. The van der Waals surface area contributed by atoms with E-state index >= 15 is 0 Å². The summed E-state index contributed by atoms with van der Waals surface area (Å²) in [5.74, 6) is -0.0274.